The predicted molar refractivity (Wildman–Crippen MR) is 140 cm³/mol. The van der Waals surface area contributed by atoms with Crippen LogP contribution in [0.15, 0.2) is 99.2 Å². The van der Waals surface area contributed by atoms with Crippen LogP contribution in [0, 0.1) is 11.3 Å². The molecule has 2 amide bonds. The molecule has 42 heavy (non-hydrogen) atoms. The van der Waals surface area contributed by atoms with Gasteiger partial charge in [-0.15, -0.1) is 0 Å². The molecule has 0 bridgehead atoms. The molecule has 0 saturated carbocycles. The highest BCUT2D eigenvalue weighted by Crippen LogP contribution is 2.42. The number of aromatic carboxylic acids is 1. The number of halogens is 3. The normalized spacial score (nSPS) is 15.6. The zero-order valence-corrected chi connectivity index (χ0v) is 21.8. The van der Waals surface area contributed by atoms with Gasteiger partial charge in [0.15, 0.2) is 5.76 Å². The first-order valence-electron chi connectivity index (χ1n) is 12.4. The Morgan fingerprint density at radius 2 is 1.76 bits per heavy atom. The van der Waals surface area contributed by atoms with Gasteiger partial charge < -0.3 is 18.8 Å². The first kappa shape index (κ1) is 28.0. The number of carbonyl (C=O) groups excluding carboxylic acids is 2. The Hall–Kier alpha value is -5.57. The minimum Gasteiger partial charge on any atom is -0.475 e. The number of furan rings is 2. The highest BCUT2D eigenvalue weighted by atomic mass is 19.4. The number of nitrogens with zero attached hydrogens (tertiary/aromatic N) is 3. The van der Waals surface area contributed by atoms with E-state index in [0.29, 0.717) is 11.1 Å². The Morgan fingerprint density at radius 1 is 1.02 bits per heavy atom. The van der Waals surface area contributed by atoms with E-state index in [1.165, 1.54) is 60.6 Å². The molecule has 12 heteroatoms. The van der Waals surface area contributed by atoms with Gasteiger partial charge >= 0.3 is 18.2 Å². The van der Waals surface area contributed by atoms with Crippen molar-refractivity contribution >= 4 is 23.5 Å². The third-order valence-corrected chi connectivity index (χ3v) is 6.72. The molecule has 5 rings (SSSR count). The summed E-state index contributed by atoms with van der Waals surface area (Å²) in [5, 5.41) is 18.6. The summed E-state index contributed by atoms with van der Waals surface area (Å²) in [6, 6.07) is 15.7. The number of carboxylic acid groups (broad SMARTS) is 1. The van der Waals surface area contributed by atoms with Crippen molar-refractivity contribution < 1.29 is 41.5 Å². The van der Waals surface area contributed by atoms with E-state index in [1.54, 1.807) is 12.1 Å². The van der Waals surface area contributed by atoms with Gasteiger partial charge in [0.25, 0.3) is 0 Å². The van der Waals surface area contributed by atoms with E-state index >= 15 is 0 Å². The molecule has 0 saturated heterocycles. The second-order valence-electron chi connectivity index (χ2n) is 9.31. The summed E-state index contributed by atoms with van der Waals surface area (Å²) in [6.07, 6.45) is -3.42. The van der Waals surface area contributed by atoms with Gasteiger partial charge in [-0.2, -0.15) is 18.4 Å². The Labute approximate surface area is 236 Å². The molecule has 0 fully saturated rings. The van der Waals surface area contributed by atoms with Crippen LogP contribution in [-0.4, -0.2) is 27.8 Å². The molecule has 212 valence electrons. The van der Waals surface area contributed by atoms with Crippen molar-refractivity contribution in [3.05, 3.63) is 124 Å². The topological polar surface area (TPSA) is 128 Å². The lowest BCUT2D eigenvalue weighted by Gasteiger charge is -2.43. The number of Topliss-reactive ketones (excluding diaryl/α,β-unsaturated/α-hetero) is 1. The maximum Gasteiger partial charge on any atom is 0.416 e. The quantitative estimate of drug-likeness (QED) is 0.240. The van der Waals surface area contributed by atoms with E-state index in [4.69, 9.17) is 8.83 Å². The standard InChI is InChI=1S/C30H20F3N3O6/c1-17-25(27(37)23-6-3-13-41-23)26(19-9-7-18(15-34)8-10-19)35(16-22-11-12-24(42-22)28(38)39)29(40)36(17)21-5-2-4-20(14-21)30(31,32)33/h2-14,26H,16H2,1H3,(H,38,39). The number of hydrogen-bond acceptors (Lipinski definition) is 6. The highest BCUT2D eigenvalue weighted by molar-refractivity contribution is 6.12. The van der Waals surface area contributed by atoms with Crippen LogP contribution in [0.5, 0.6) is 0 Å². The SMILES string of the molecule is CC1=C(C(=O)c2ccco2)C(c2ccc(C#N)cc2)N(Cc2ccc(C(=O)O)o2)C(=O)N1c1cccc(C(F)(F)F)c1. The monoisotopic (exact) mass is 575 g/mol. The van der Waals surface area contributed by atoms with E-state index in [2.05, 4.69) is 0 Å². The van der Waals surface area contributed by atoms with Crippen molar-refractivity contribution in [2.75, 3.05) is 4.90 Å². The number of urea groups is 1. The smallest absolute Gasteiger partial charge is 0.416 e. The average molecular weight is 575 g/mol. The van der Waals surface area contributed by atoms with Crippen LogP contribution in [0.3, 0.4) is 0 Å². The van der Waals surface area contributed by atoms with Gasteiger partial charge in [-0.25, -0.2) is 9.59 Å². The summed E-state index contributed by atoms with van der Waals surface area (Å²) in [7, 11) is 0. The number of benzene rings is 2. The van der Waals surface area contributed by atoms with Crippen LogP contribution in [-0.2, 0) is 12.7 Å². The molecule has 2 aromatic carbocycles. The summed E-state index contributed by atoms with van der Waals surface area (Å²) in [5.74, 6) is -2.39. The van der Waals surface area contributed by atoms with Crippen molar-refractivity contribution in [2.45, 2.75) is 25.7 Å². The summed E-state index contributed by atoms with van der Waals surface area (Å²) in [5.41, 5.74) is -0.364. The average Bonchev–Trinajstić information content (AvgIpc) is 3.67. The number of carbonyl (C=O) groups is 3. The number of carboxylic acids is 1. The van der Waals surface area contributed by atoms with E-state index in [1.807, 2.05) is 6.07 Å². The van der Waals surface area contributed by atoms with Gasteiger partial charge in [-0.3, -0.25) is 9.69 Å². The van der Waals surface area contributed by atoms with Crippen LogP contribution in [0.2, 0.25) is 0 Å². The van der Waals surface area contributed by atoms with E-state index < -0.39 is 41.3 Å². The van der Waals surface area contributed by atoms with Gasteiger partial charge in [0.05, 0.1) is 47.3 Å². The minimum atomic E-state index is -4.70. The molecule has 1 aliphatic heterocycles. The number of ketones is 1. The number of nitriles is 1. The molecule has 0 radical (unpaired) electrons. The maximum atomic E-state index is 14.2. The Morgan fingerprint density at radius 3 is 2.36 bits per heavy atom. The van der Waals surface area contributed by atoms with Gasteiger partial charge in [0, 0.05) is 5.70 Å². The number of amides is 2. The second kappa shape index (κ2) is 10.8. The predicted octanol–water partition coefficient (Wildman–Crippen LogP) is 6.80. The maximum absolute atomic E-state index is 14.2. The van der Waals surface area contributed by atoms with Crippen molar-refractivity contribution in [1.82, 2.24) is 4.90 Å². The lowest BCUT2D eigenvalue weighted by Crippen LogP contribution is -2.50. The Balaban J connectivity index is 1.74. The Bertz CT molecular complexity index is 1750. The molecule has 2 aromatic heterocycles. The fourth-order valence-corrected chi connectivity index (χ4v) is 4.80. The van der Waals surface area contributed by atoms with Crippen LogP contribution >= 0.6 is 0 Å². The first-order chi connectivity index (χ1) is 20.0. The molecule has 0 spiro atoms. The van der Waals surface area contributed by atoms with Gasteiger partial charge in [-0.05, 0) is 67.1 Å². The molecule has 1 atom stereocenters. The lowest BCUT2D eigenvalue weighted by atomic mass is 9.88. The molecule has 0 aliphatic carbocycles. The molecule has 3 heterocycles. The third-order valence-electron chi connectivity index (χ3n) is 6.72. The second-order valence-corrected chi connectivity index (χ2v) is 9.31. The van der Waals surface area contributed by atoms with Crippen molar-refractivity contribution in [3.63, 3.8) is 0 Å². The van der Waals surface area contributed by atoms with Crippen molar-refractivity contribution in [1.29, 1.82) is 5.26 Å². The van der Waals surface area contributed by atoms with Gasteiger partial charge in [0.1, 0.15) is 5.76 Å². The molecular weight excluding hydrogens is 555 g/mol. The minimum absolute atomic E-state index is 0.0108. The van der Waals surface area contributed by atoms with E-state index in [9.17, 15) is 37.9 Å². The van der Waals surface area contributed by atoms with Gasteiger partial charge in [0.2, 0.25) is 11.5 Å². The number of allylic oxidation sites excluding steroid dienone is 1. The highest BCUT2D eigenvalue weighted by Gasteiger charge is 2.44. The van der Waals surface area contributed by atoms with E-state index in [-0.39, 0.29) is 35.0 Å². The zero-order valence-electron chi connectivity index (χ0n) is 21.8. The van der Waals surface area contributed by atoms with Crippen LogP contribution < -0.4 is 4.90 Å². The zero-order chi connectivity index (χ0) is 30.2. The fraction of sp³-hybridized carbons (Fsp3) is 0.133. The van der Waals surface area contributed by atoms with Crippen LogP contribution in [0.25, 0.3) is 0 Å². The third kappa shape index (κ3) is 5.15. The summed E-state index contributed by atoms with van der Waals surface area (Å²) in [6.45, 7) is 1.09. The number of anilines is 1. The van der Waals surface area contributed by atoms with Crippen LogP contribution in [0.1, 0.15) is 56.5 Å². The summed E-state index contributed by atoms with van der Waals surface area (Å²) in [4.78, 5) is 41.7. The van der Waals surface area contributed by atoms with Crippen LogP contribution in [0.4, 0.5) is 23.7 Å². The lowest BCUT2D eigenvalue weighted by molar-refractivity contribution is -0.137. The van der Waals surface area contributed by atoms with E-state index in [0.717, 1.165) is 23.1 Å². The molecule has 9 nitrogen and oxygen atoms in total. The Kier molecular flexibility index (Phi) is 7.18. The molecule has 1 N–H and O–H groups in total. The van der Waals surface area contributed by atoms with Crippen molar-refractivity contribution in [2.24, 2.45) is 0 Å². The number of rotatable bonds is 7. The number of hydrogen-bond donors (Lipinski definition) is 1. The molecule has 1 aliphatic rings. The molecular formula is C30H20F3N3O6. The summed E-state index contributed by atoms with van der Waals surface area (Å²) >= 11 is 0. The fourth-order valence-electron chi connectivity index (χ4n) is 4.80. The molecule has 4 aromatic rings. The largest absolute Gasteiger partial charge is 0.475 e. The van der Waals surface area contributed by atoms with Crippen molar-refractivity contribution in [3.8, 4) is 6.07 Å². The number of alkyl halides is 3. The molecule has 1 unspecified atom stereocenters. The first-order valence-corrected chi connectivity index (χ1v) is 12.4. The summed E-state index contributed by atoms with van der Waals surface area (Å²) < 4.78 is 51.6. The van der Waals surface area contributed by atoms with Gasteiger partial charge in [-0.1, -0.05) is 18.2 Å².